The number of rotatable bonds is 8. The molecule has 0 amide bonds. The number of halogens is 1. The van der Waals surface area contributed by atoms with Crippen LogP contribution in [0.25, 0.3) is 0 Å². The van der Waals surface area contributed by atoms with Gasteiger partial charge in [-0.05, 0) is 54.4 Å². The second kappa shape index (κ2) is 11.0. The molecule has 0 saturated heterocycles. The molecule has 5 N–H and O–H groups in total. The van der Waals surface area contributed by atoms with Gasteiger partial charge in [0, 0.05) is 60.5 Å². The molecule has 0 unspecified atom stereocenters. The molecule has 0 spiro atoms. The standard InChI is InChI=1S/C30H34ClN7/c1-3-18-6-5-7-19(4-2)28(18)37-29(22-10-11-25(31)27(34)23(22)14-32)24-17-38(13-12-26(24)33)30-35-15-21(16-36-30)20-8-9-20/h5-7,10-11,14-16,20,32H,3-4,8-9,12-13,17,33-34H2,1-2H3. The van der Waals surface area contributed by atoms with E-state index in [1.54, 1.807) is 6.07 Å². The zero-order valence-electron chi connectivity index (χ0n) is 22.0. The third kappa shape index (κ3) is 5.03. The molecule has 0 radical (unpaired) electrons. The van der Waals surface area contributed by atoms with Gasteiger partial charge in [-0.1, -0.05) is 49.7 Å². The highest BCUT2D eigenvalue weighted by Crippen LogP contribution is 2.39. The number of aryl methyl sites for hydroxylation is 2. The summed E-state index contributed by atoms with van der Waals surface area (Å²) in [7, 11) is 0. The molecule has 8 heteroatoms. The van der Waals surface area contributed by atoms with Gasteiger partial charge in [-0.3, -0.25) is 0 Å². The van der Waals surface area contributed by atoms with Crippen LogP contribution in [-0.4, -0.2) is 35.0 Å². The molecule has 3 aromatic rings. The lowest BCUT2D eigenvalue weighted by Gasteiger charge is -2.31. The van der Waals surface area contributed by atoms with E-state index in [-0.39, 0.29) is 0 Å². The highest BCUT2D eigenvalue weighted by Gasteiger charge is 2.28. The summed E-state index contributed by atoms with van der Waals surface area (Å²) in [5.74, 6) is 1.29. The summed E-state index contributed by atoms with van der Waals surface area (Å²) in [5, 5.41) is 8.56. The Morgan fingerprint density at radius 1 is 1.11 bits per heavy atom. The molecule has 1 aliphatic carbocycles. The lowest BCUT2D eigenvalue weighted by Crippen LogP contribution is -2.37. The quantitative estimate of drug-likeness (QED) is 0.247. The van der Waals surface area contributed by atoms with Crippen LogP contribution >= 0.6 is 11.6 Å². The van der Waals surface area contributed by atoms with E-state index >= 15 is 0 Å². The summed E-state index contributed by atoms with van der Waals surface area (Å²) < 4.78 is 0. The largest absolute Gasteiger partial charge is 0.402 e. The lowest BCUT2D eigenvalue weighted by atomic mass is 9.92. The first-order valence-corrected chi connectivity index (χ1v) is 13.7. The maximum Gasteiger partial charge on any atom is 0.225 e. The average molecular weight is 528 g/mol. The minimum atomic E-state index is 0.359. The van der Waals surface area contributed by atoms with Crippen LogP contribution in [0.1, 0.15) is 66.8 Å². The molecular formula is C30H34ClN7. The Morgan fingerprint density at radius 3 is 2.39 bits per heavy atom. The number of aromatic nitrogens is 2. The number of hydrogen-bond donors (Lipinski definition) is 3. The monoisotopic (exact) mass is 527 g/mol. The molecule has 2 aromatic carbocycles. The Hall–Kier alpha value is -3.71. The maximum absolute atomic E-state index is 8.15. The second-order valence-corrected chi connectivity index (χ2v) is 10.3. The summed E-state index contributed by atoms with van der Waals surface area (Å²) >= 11 is 6.35. The molecule has 1 fully saturated rings. The minimum absolute atomic E-state index is 0.359. The third-order valence-corrected chi connectivity index (χ3v) is 7.81. The SMILES string of the molecule is CCc1cccc(CC)c1N=C(C1=C(N)CCN(c2ncc(C3CC3)cn2)C1)c1ccc(Cl)c(N)c1C=N. The number of aliphatic imine (C=N–C) groups is 1. The van der Waals surface area contributed by atoms with Gasteiger partial charge in [0.1, 0.15) is 0 Å². The van der Waals surface area contributed by atoms with Crippen LogP contribution in [-0.2, 0) is 12.8 Å². The summed E-state index contributed by atoms with van der Waals surface area (Å²) in [6, 6.07) is 9.96. The fourth-order valence-corrected chi connectivity index (χ4v) is 5.19. The van der Waals surface area contributed by atoms with E-state index in [2.05, 4.69) is 36.9 Å². The summed E-state index contributed by atoms with van der Waals surface area (Å²) in [4.78, 5) is 16.8. The maximum atomic E-state index is 8.15. The molecule has 38 heavy (non-hydrogen) atoms. The number of nitrogen functional groups attached to an aromatic ring is 1. The average Bonchev–Trinajstić information content (AvgIpc) is 3.79. The van der Waals surface area contributed by atoms with E-state index in [1.165, 1.54) is 24.6 Å². The first-order chi connectivity index (χ1) is 18.4. The molecule has 5 rings (SSSR count). The Kier molecular flexibility index (Phi) is 7.47. The topological polar surface area (TPSA) is 117 Å². The lowest BCUT2D eigenvalue weighted by molar-refractivity contribution is 0.740. The normalized spacial score (nSPS) is 16.2. The summed E-state index contributed by atoms with van der Waals surface area (Å²) in [6.45, 7) is 5.49. The number of nitrogens with one attached hydrogen (secondary N) is 1. The van der Waals surface area contributed by atoms with Crippen molar-refractivity contribution in [3.05, 3.63) is 86.8 Å². The zero-order valence-corrected chi connectivity index (χ0v) is 22.7. The van der Waals surface area contributed by atoms with Gasteiger partial charge in [0.05, 0.1) is 22.1 Å². The van der Waals surface area contributed by atoms with Gasteiger partial charge < -0.3 is 21.8 Å². The van der Waals surface area contributed by atoms with E-state index in [0.29, 0.717) is 46.8 Å². The van der Waals surface area contributed by atoms with Gasteiger partial charge >= 0.3 is 0 Å². The Labute approximate surface area is 229 Å². The highest BCUT2D eigenvalue weighted by molar-refractivity contribution is 6.34. The first kappa shape index (κ1) is 25.9. The van der Waals surface area contributed by atoms with Crippen molar-refractivity contribution in [2.24, 2.45) is 10.7 Å². The molecular weight excluding hydrogens is 494 g/mol. The fourth-order valence-electron chi connectivity index (χ4n) is 5.03. The van der Waals surface area contributed by atoms with Crippen molar-refractivity contribution in [3.8, 4) is 0 Å². The molecule has 196 valence electrons. The van der Waals surface area contributed by atoms with Gasteiger partial charge in [0.25, 0.3) is 0 Å². The summed E-state index contributed by atoms with van der Waals surface area (Å²) in [6.07, 6.45) is 9.94. The second-order valence-electron chi connectivity index (χ2n) is 9.93. The molecule has 7 nitrogen and oxygen atoms in total. The number of nitrogens with two attached hydrogens (primary N) is 2. The number of para-hydroxylation sites is 1. The van der Waals surface area contributed by atoms with Crippen LogP contribution in [0.2, 0.25) is 5.02 Å². The fraction of sp³-hybridized carbons (Fsp3) is 0.333. The molecule has 1 aromatic heterocycles. The van der Waals surface area contributed by atoms with Gasteiger partial charge in [-0.15, -0.1) is 0 Å². The molecule has 2 aliphatic rings. The molecule has 0 atom stereocenters. The first-order valence-electron chi connectivity index (χ1n) is 13.3. The van der Waals surface area contributed by atoms with Crippen molar-refractivity contribution in [1.29, 1.82) is 5.41 Å². The van der Waals surface area contributed by atoms with Gasteiger partial charge in [0.15, 0.2) is 0 Å². The Bertz CT molecular complexity index is 1400. The van der Waals surface area contributed by atoms with E-state index in [1.807, 2.05) is 18.5 Å². The molecule has 1 saturated carbocycles. The van der Waals surface area contributed by atoms with Crippen molar-refractivity contribution in [3.63, 3.8) is 0 Å². The molecule has 0 bridgehead atoms. The van der Waals surface area contributed by atoms with Crippen LogP contribution < -0.4 is 16.4 Å². The van der Waals surface area contributed by atoms with Gasteiger partial charge in [0.2, 0.25) is 5.95 Å². The number of nitrogens with zero attached hydrogens (tertiary/aromatic N) is 4. The van der Waals surface area contributed by atoms with Crippen LogP contribution in [0.3, 0.4) is 0 Å². The van der Waals surface area contributed by atoms with Crippen LogP contribution in [0.5, 0.6) is 0 Å². The number of benzene rings is 2. The smallest absolute Gasteiger partial charge is 0.225 e. The van der Waals surface area contributed by atoms with Crippen molar-refractivity contribution >= 4 is 40.9 Å². The zero-order chi connectivity index (χ0) is 26.8. The third-order valence-electron chi connectivity index (χ3n) is 7.49. The van der Waals surface area contributed by atoms with Crippen LogP contribution in [0.15, 0.2) is 59.0 Å². The summed E-state index contributed by atoms with van der Waals surface area (Å²) in [5.41, 5.74) is 21.5. The van der Waals surface area contributed by atoms with E-state index < -0.39 is 0 Å². The Morgan fingerprint density at radius 2 is 1.79 bits per heavy atom. The van der Waals surface area contributed by atoms with Gasteiger partial charge in [-0.2, -0.15) is 0 Å². The van der Waals surface area contributed by atoms with Crippen molar-refractivity contribution in [1.82, 2.24) is 9.97 Å². The number of hydrogen-bond acceptors (Lipinski definition) is 7. The molecule has 2 heterocycles. The predicted octanol–water partition coefficient (Wildman–Crippen LogP) is 5.96. The predicted molar refractivity (Wildman–Crippen MR) is 157 cm³/mol. The van der Waals surface area contributed by atoms with Crippen LogP contribution in [0, 0.1) is 5.41 Å². The van der Waals surface area contributed by atoms with Gasteiger partial charge in [-0.25, -0.2) is 15.0 Å². The van der Waals surface area contributed by atoms with E-state index in [9.17, 15) is 0 Å². The van der Waals surface area contributed by atoms with Crippen molar-refractivity contribution in [2.75, 3.05) is 23.7 Å². The van der Waals surface area contributed by atoms with E-state index in [4.69, 9.17) is 43.4 Å². The molecule has 1 aliphatic heterocycles. The Balaban J connectivity index is 1.65. The van der Waals surface area contributed by atoms with Crippen molar-refractivity contribution < 1.29 is 0 Å². The minimum Gasteiger partial charge on any atom is -0.402 e. The highest BCUT2D eigenvalue weighted by atomic mass is 35.5. The van der Waals surface area contributed by atoms with E-state index in [0.717, 1.165) is 53.0 Å². The van der Waals surface area contributed by atoms with Crippen LogP contribution in [0.4, 0.5) is 17.3 Å². The van der Waals surface area contributed by atoms with Crippen molar-refractivity contribution in [2.45, 2.75) is 51.9 Å². The number of anilines is 2.